The highest BCUT2D eigenvalue weighted by atomic mass is 35.5. The first-order valence-corrected chi connectivity index (χ1v) is 15.7. The van der Waals surface area contributed by atoms with Crippen LogP contribution in [0.1, 0.15) is 64.9 Å². The molecule has 0 aromatic heterocycles. The molecule has 2 aliphatic carbocycles. The molecule has 0 atom stereocenters. The number of rotatable bonds is 6. The lowest BCUT2D eigenvalue weighted by Crippen LogP contribution is -2.45. The molecule has 3 aliphatic rings. The van der Waals surface area contributed by atoms with Crippen molar-refractivity contribution >= 4 is 50.9 Å². The fourth-order valence-electron chi connectivity index (χ4n) is 6.24. The Kier molecular flexibility index (Phi) is 7.61. The molecule has 2 aromatic rings. The Hall–Kier alpha value is -3.14. The summed E-state index contributed by atoms with van der Waals surface area (Å²) in [6.45, 7) is 7.49. The van der Waals surface area contributed by atoms with Gasteiger partial charge in [-0.2, -0.15) is 8.42 Å². The van der Waals surface area contributed by atoms with Gasteiger partial charge in [-0.1, -0.05) is 57.0 Å². The van der Waals surface area contributed by atoms with E-state index >= 15 is 0 Å². The Balaban J connectivity index is 1.64. The number of nitrogens with zero attached hydrogens (tertiary/aromatic N) is 1. The fraction of sp³-hybridized carbons (Fsp3) is 0.387. The molecule has 0 saturated carbocycles. The monoisotopic (exact) mass is 631 g/mol. The Morgan fingerprint density at radius 1 is 0.905 bits per heavy atom. The summed E-state index contributed by atoms with van der Waals surface area (Å²) in [5, 5.41) is 10.2. The molecule has 2 aromatic carbocycles. The van der Waals surface area contributed by atoms with Gasteiger partial charge in [-0.25, -0.2) is 0 Å². The minimum absolute atomic E-state index is 0.0190. The van der Waals surface area contributed by atoms with Crippen molar-refractivity contribution in [1.82, 2.24) is 4.90 Å². The SMILES string of the molecule is CC1(C)CC(=O)C2=C(C1)N(CC(=O)O)C1=C(C(=O)CC(C)(C)C1)C2c1ccc(OS(=O)(=O)c2ccc(Cl)cc2)c(Cl)c1. The number of Topliss-reactive ketones (excluding diaryl/α,β-unsaturated/α-hetero) is 2. The van der Waals surface area contributed by atoms with Crippen LogP contribution >= 0.6 is 23.2 Å². The number of carbonyl (C=O) groups excluding carboxylic acids is 2. The third-order valence-corrected chi connectivity index (χ3v) is 9.70. The molecule has 222 valence electrons. The highest BCUT2D eigenvalue weighted by Gasteiger charge is 2.49. The molecule has 1 heterocycles. The van der Waals surface area contributed by atoms with Crippen LogP contribution in [-0.4, -0.2) is 42.5 Å². The summed E-state index contributed by atoms with van der Waals surface area (Å²) >= 11 is 12.5. The molecule has 0 bridgehead atoms. The first-order chi connectivity index (χ1) is 19.5. The van der Waals surface area contributed by atoms with Crippen LogP contribution in [0.25, 0.3) is 0 Å². The van der Waals surface area contributed by atoms with E-state index in [1.165, 1.54) is 36.4 Å². The maximum Gasteiger partial charge on any atom is 0.339 e. The summed E-state index contributed by atoms with van der Waals surface area (Å²) in [5.74, 6) is -2.27. The molecule has 5 rings (SSSR count). The second-order valence-electron chi connectivity index (χ2n) is 12.7. The van der Waals surface area contributed by atoms with Crippen molar-refractivity contribution in [3.63, 3.8) is 0 Å². The Labute approximate surface area is 255 Å². The zero-order chi connectivity index (χ0) is 30.8. The molecule has 11 heteroatoms. The van der Waals surface area contributed by atoms with Crippen LogP contribution in [-0.2, 0) is 24.5 Å². The predicted molar refractivity (Wildman–Crippen MR) is 158 cm³/mol. The van der Waals surface area contributed by atoms with Crippen molar-refractivity contribution in [3.8, 4) is 5.75 Å². The van der Waals surface area contributed by atoms with Gasteiger partial charge in [0, 0.05) is 46.3 Å². The molecule has 0 fully saturated rings. The van der Waals surface area contributed by atoms with E-state index in [1.54, 1.807) is 11.0 Å². The highest BCUT2D eigenvalue weighted by Crippen LogP contribution is 2.54. The molecular formula is C31H31Cl2NO7S. The van der Waals surface area contributed by atoms with Gasteiger partial charge in [0.1, 0.15) is 11.4 Å². The van der Waals surface area contributed by atoms with Crippen molar-refractivity contribution in [1.29, 1.82) is 0 Å². The van der Waals surface area contributed by atoms with Gasteiger partial charge in [-0.05, 0) is 65.6 Å². The standard InChI is InChI=1S/C31H31Cl2NO7S/c1-30(2)12-21-28(23(35)14-30)27(29-22(34(21)16-26(37)38)13-31(3,4)15-24(29)36)17-5-10-25(20(33)11-17)41-42(39,40)19-8-6-18(32)7-9-19/h5-11,27H,12-16H2,1-4H3,(H,37,38). The number of hydrogen-bond donors (Lipinski definition) is 1. The summed E-state index contributed by atoms with van der Waals surface area (Å²) in [4.78, 5) is 41.1. The van der Waals surface area contributed by atoms with E-state index in [-0.39, 0.29) is 46.6 Å². The summed E-state index contributed by atoms with van der Waals surface area (Å²) in [7, 11) is -4.22. The number of carboxylic acids is 1. The van der Waals surface area contributed by atoms with Crippen molar-refractivity contribution in [2.45, 2.75) is 64.2 Å². The zero-order valence-electron chi connectivity index (χ0n) is 23.7. The second-order valence-corrected chi connectivity index (χ2v) is 15.1. The molecular weight excluding hydrogens is 601 g/mol. The van der Waals surface area contributed by atoms with Gasteiger partial charge in [-0.15, -0.1) is 0 Å². The Bertz CT molecular complexity index is 1630. The number of allylic oxidation sites excluding steroid dienone is 4. The number of aliphatic carboxylic acids is 1. The van der Waals surface area contributed by atoms with E-state index in [0.717, 1.165) is 0 Å². The van der Waals surface area contributed by atoms with Gasteiger partial charge >= 0.3 is 16.1 Å². The van der Waals surface area contributed by atoms with Gasteiger partial charge in [0.25, 0.3) is 0 Å². The number of carbonyl (C=O) groups is 3. The minimum atomic E-state index is -4.22. The quantitative estimate of drug-likeness (QED) is 0.357. The van der Waals surface area contributed by atoms with E-state index in [9.17, 15) is 27.9 Å². The molecule has 0 amide bonds. The molecule has 42 heavy (non-hydrogen) atoms. The lowest BCUT2D eigenvalue weighted by molar-refractivity contribution is -0.138. The van der Waals surface area contributed by atoms with E-state index in [0.29, 0.717) is 46.0 Å². The maximum atomic E-state index is 13.8. The molecule has 0 saturated heterocycles. The number of carboxylic acid groups (broad SMARTS) is 1. The molecule has 0 spiro atoms. The van der Waals surface area contributed by atoms with E-state index < -0.39 is 32.8 Å². The van der Waals surface area contributed by atoms with Crippen LogP contribution in [0.2, 0.25) is 10.0 Å². The zero-order valence-corrected chi connectivity index (χ0v) is 26.0. The lowest BCUT2D eigenvalue weighted by Gasteiger charge is -2.48. The van der Waals surface area contributed by atoms with E-state index in [1.807, 2.05) is 27.7 Å². The van der Waals surface area contributed by atoms with Gasteiger partial charge in [0.05, 0.1) is 5.02 Å². The van der Waals surface area contributed by atoms with Crippen LogP contribution in [0.15, 0.2) is 69.9 Å². The largest absolute Gasteiger partial charge is 0.480 e. The number of benzene rings is 2. The minimum Gasteiger partial charge on any atom is -0.480 e. The molecule has 0 unspecified atom stereocenters. The summed E-state index contributed by atoms with van der Waals surface area (Å²) < 4.78 is 31.1. The number of ketones is 2. The van der Waals surface area contributed by atoms with Crippen LogP contribution in [0, 0.1) is 10.8 Å². The Morgan fingerprint density at radius 2 is 1.43 bits per heavy atom. The van der Waals surface area contributed by atoms with Gasteiger partial charge in [0.15, 0.2) is 17.3 Å². The van der Waals surface area contributed by atoms with Crippen molar-refractivity contribution in [2.75, 3.05) is 6.54 Å². The van der Waals surface area contributed by atoms with E-state index in [2.05, 4.69) is 0 Å². The van der Waals surface area contributed by atoms with Gasteiger partial charge in [-0.3, -0.25) is 14.4 Å². The average Bonchev–Trinajstić information content (AvgIpc) is 2.84. The van der Waals surface area contributed by atoms with Gasteiger partial charge < -0.3 is 14.2 Å². The van der Waals surface area contributed by atoms with Crippen molar-refractivity contribution in [2.24, 2.45) is 10.8 Å². The molecule has 0 radical (unpaired) electrons. The maximum absolute atomic E-state index is 13.8. The number of hydrogen-bond acceptors (Lipinski definition) is 7. The summed E-state index contributed by atoms with van der Waals surface area (Å²) in [5.41, 5.74) is 1.70. The van der Waals surface area contributed by atoms with Gasteiger partial charge in [0.2, 0.25) is 0 Å². The first-order valence-electron chi connectivity index (χ1n) is 13.5. The molecule has 1 aliphatic heterocycles. The second kappa shape index (κ2) is 10.5. The van der Waals surface area contributed by atoms with Crippen molar-refractivity contribution < 1.29 is 32.1 Å². The van der Waals surface area contributed by atoms with Crippen molar-refractivity contribution in [3.05, 3.63) is 80.6 Å². The topological polar surface area (TPSA) is 118 Å². The number of halogens is 2. The third-order valence-electron chi connectivity index (χ3n) is 7.91. The third kappa shape index (κ3) is 5.74. The highest BCUT2D eigenvalue weighted by molar-refractivity contribution is 7.87. The normalized spacial score (nSPS) is 20.4. The lowest BCUT2D eigenvalue weighted by atomic mass is 9.63. The summed E-state index contributed by atoms with van der Waals surface area (Å²) in [6.07, 6.45) is 1.38. The van der Waals surface area contributed by atoms with Crippen LogP contribution < -0.4 is 4.18 Å². The molecule has 1 N–H and O–H groups in total. The van der Waals surface area contributed by atoms with Crippen LogP contribution in [0.5, 0.6) is 5.75 Å². The summed E-state index contributed by atoms with van der Waals surface area (Å²) in [6, 6.07) is 10.0. The van der Waals surface area contributed by atoms with Crippen LogP contribution in [0.4, 0.5) is 0 Å². The average molecular weight is 633 g/mol. The van der Waals surface area contributed by atoms with Crippen LogP contribution in [0.3, 0.4) is 0 Å². The smallest absolute Gasteiger partial charge is 0.339 e. The predicted octanol–water partition coefficient (Wildman–Crippen LogP) is 6.53. The molecule has 8 nitrogen and oxygen atoms in total. The van der Waals surface area contributed by atoms with E-state index in [4.69, 9.17) is 27.4 Å². The Morgan fingerprint density at radius 3 is 1.90 bits per heavy atom. The first kappa shape index (κ1) is 30.3. The fourth-order valence-corrected chi connectivity index (χ4v) is 7.59.